The van der Waals surface area contributed by atoms with Crippen LogP contribution in [0.4, 0.5) is 23.5 Å². The summed E-state index contributed by atoms with van der Waals surface area (Å²) in [4.78, 5) is 16.3. The van der Waals surface area contributed by atoms with Gasteiger partial charge in [0.25, 0.3) is 0 Å². The number of ether oxygens (including phenoxy) is 1. The van der Waals surface area contributed by atoms with Crippen LogP contribution in [0.25, 0.3) is 10.8 Å². The highest BCUT2D eigenvalue weighted by Crippen LogP contribution is 2.30. The number of nitrogens with one attached hydrogen (secondary N) is 4. The molecule has 1 aliphatic carbocycles. The molecule has 0 bridgehead atoms. The number of rotatable bonds is 17. The van der Waals surface area contributed by atoms with Crippen LogP contribution in [0.1, 0.15) is 63.4 Å². The Labute approximate surface area is 279 Å². The number of aromatic nitrogens is 3. The average Bonchev–Trinajstić information content (AvgIpc) is 3.08. The Morgan fingerprint density at radius 2 is 1.47 bits per heavy atom. The summed E-state index contributed by atoms with van der Waals surface area (Å²) < 4.78 is 34.5. The van der Waals surface area contributed by atoms with E-state index in [4.69, 9.17) is 4.74 Å². The number of sulfonamides is 1. The summed E-state index contributed by atoms with van der Waals surface area (Å²) in [5.74, 6) is 2.44. The van der Waals surface area contributed by atoms with E-state index < -0.39 is 10.0 Å². The highest BCUT2D eigenvalue weighted by Gasteiger charge is 2.18. The molecule has 252 valence electrons. The minimum Gasteiger partial charge on any atom is -0.497 e. The molecular weight excluding hydrogens is 613 g/mol. The first-order valence-electron chi connectivity index (χ1n) is 16.6. The van der Waals surface area contributed by atoms with Crippen molar-refractivity contribution in [3.8, 4) is 5.75 Å². The van der Waals surface area contributed by atoms with Gasteiger partial charge in [0.05, 0.1) is 12.0 Å². The maximum atomic E-state index is 13.2. The number of hydrogen-bond acceptors (Lipinski definition) is 10. The van der Waals surface area contributed by atoms with Gasteiger partial charge in [-0.2, -0.15) is 15.0 Å². The third kappa shape index (κ3) is 9.68. The Morgan fingerprint density at radius 1 is 0.787 bits per heavy atom. The Bertz CT molecular complexity index is 1710. The molecule has 1 aliphatic rings. The molecule has 0 saturated heterocycles. The van der Waals surface area contributed by atoms with E-state index in [-0.39, 0.29) is 0 Å². The van der Waals surface area contributed by atoms with E-state index >= 15 is 0 Å². The van der Waals surface area contributed by atoms with Gasteiger partial charge in [-0.05, 0) is 55.5 Å². The molecule has 4 N–H and O–H groups in total. The van der Waals surface area contributed by atoms with Crippen LogP contribution in [-0.4, -0.2) is 63.7 Å². The molecule has 1 fully saturated rings. The molecule has 5 rings (SSSR count). The van der Waals surface area contributed by atoms with Crippen molar-refractivity contribution in [2.45, 2.75) is 75.3 Å². The van der Waals surface area contributed by atoms with Crippen molar-refractivity contribution in [1.29, 1.82) is 0 Å². The van der Waals surface area contributed by atoms with E-state index in [0.717, 1.165) is 66.3 Å². The number of nitrogens with zero attached hydrogens (tertiary/aromatic N) is 4. The number of unbranched alkanes of at least 4 members (excludes halogenated alkanes) is 3. The van der Waals surface area contributed by atoms with E-state index in [0.29, 0.717) is 48.4 Å². The zero-order chi connectivity index (χ0) is 33.1. The van der Waals surface area contributed by atoms with Gasteiger partial charge in [0.1, 0.15) is 5.75 Å². The van der Waals surface area contributed by atoms with Gasteiger partial charge in [0, 0.05) is 56.2 Å². The molecule has 0 atom stereocenters. The Balaban J connectivity index is 1.10. The highest BCUT2D eigenvalue weighted by molar-refractivity contribution is 7.89. The van der Waals surface area contributed by atoms with Crippen molar-refractivity contribution in [2.75, 3.05) is 55.1 Å². The van der Waals surface area contributed by atoms with Crippen LogP contribution in [0, 0.1) is 0 Å². The highest BCUT2D eigenvalue weighted by atomic mass is 32.2. The van der Waals surface area contributed by atoms with Gasteiger partial charge >= 0.3 is 0 Å². The molecule has 1 heterocycles. The van der Waals surface area contributed by atoms with Crippen molar-refractivity contribution in [1.82, 2.24) is 19.7 Å². The van der Waals surface area contributed by atoms with Gasteiger partial charge in [-0.15, -0.1) is 0 Å². The van der Waals surface area contributed by atoms with Gasteiger partial charge in [-0.25, -0.2) is 13.1 Å². The van der Waals surface area contributed by atoms with Crippen molar-refractivity contribution in [2.24, 2.45) is 0 Å². The summed E-state index contributed by atoms with van der Waals surface area (Å²) in [7, 11) is 1.95. The van der Waals surface area contributed by atoms with Crippen LogP contribution < -0.4 is 30.3 Å². The largest absolute Gasteiger partial charge is 0.497 e. The maximum absolute atomic E-state index is 13.2. The van der Waals surface area contributed by atoms with E-state index in [9.17, 15) is 8.42 Å². The van der Waals surface area contributed by atoms with Crippen LogP contribution in [0.15, 0.2) is 65.6 Å². The topological polar surface area (TPSA) is 133 Å². The fourth-order valence-electron chi connectivity index (χ4n) is 5.97. The van der Waals surface area contributed by atoms with Gasteiger partial charge in [-0.1, -0.05) is 68.5 Å². The Hall–Kier alpha value is -4.16. The SMILES string of the molecule is COc1cccc(CNc2nc(NCCCCCCNS(=O)(=O)c3cccc4c(N(C)C)cccc34)nc(NC3CCCCC3)n2)c1. The van der Waals surface area contributed by atoms with Gasteiger partial charge in [0.15, 0.2) is 0 Å². The molecule has 12 heteroatoms. The summed E-state index contributed by atoms with van der Waals surface area (Å²) in [6, 6.07) is 19.5. The van der Waals surface area contributed by atoms with Crippen LogP contribution in [-0.2, 0) is 16.6 Å². The summed E-state index contributed by atoms with van der Waals surface area (Å²) in [5, 5.41) is 11.9. The second-order valence-electron chi connectivity index (χ2n) is 12.3. The number of methoxy groups -OCH3 is 1. The molecule has 11 nitrogen and oxygen atoms in total. The smallest absolute Gasteiger partial charge is 0.241 e. The van der Waals surface area contributed by atoms with Gasteiger partial charge < -0.3 is 25.6 Å². The van der Waals surface area contributed by atoms with Crippen molar-refractivity contribution in [3.05, 3.63) is 66.2 Å². The lowest BCUT2D eigenvalue weighted by molar-refractivity contribution is 0.414. The first kappa shape index (κ1) is 34.2. The van der Waals surface area contributed by atoms with E-state index in [2.05, 4.69) is 35.6 Å². The summed E-state index contributed by atoms with van der Waals surface area (Å²) >= 11 is 0. The van der Waals surface area contributed by atoms with E-state index in [1.165, 1.54) is 19.3 Å². The third-order valence-corrected chi connectivity index (χ3v) is 9.99. The molecule has 1 saturated carbocycles. The molecule has 0 aliphatic heterocycles. The molecular formula is C35H48N8O3S. The van der Waals surface area contributed by atoms with Crippen LogP contribution in [0.2, 0.25) is 0 Å². The number of anilines is 4. The van der Waals surface area contributed by atoms with Crippen molar-refractivity contribution in [3.63, 3.8) is 0 Å². The lowest BCUT2D eigenvalue weighted by Gasteiger charge is -2.23. The van der Waals surface area contributed by atoms with Crippen LogP contribution in [0.5, 0.6) is 5.75 Å². The monoisotopic (exact) mass is 660 g/mol. The Kier molecular flexibility index (Phi) is 12.1. The minimum absolute atomic E-state index is 0.315. The van der Waals surface area contributed by atoms with Crippen molar-refractivity contribution >= 4 is 44.3 Å². The second-order valence-corrected chi connectivity index (χ2v) is 14.0. The molecule has 4 aromatic rings. The molecule has 47 heavy (non-hydrogen) atoms. The first-order valence-corrected chi connectivity index (χ1v) is 18.1. The normalized spacial score (nSPS) is 13.8. The molecule has 0 amide bonds. The number of benzene rings is 3. The Morgan fingerprint density at radius 3 is 2.23 bits per heavy atom. The molecule has 0 radical (unpaired) electrons. The maximum Gasteiger partial charge on any atom is 0.241 e. The van der Waals surface area contributed by atoms with Gasteiger partial charge in [0.2, 0.25) is 27.9 Å². The second kappa shape index (κ2) is 16.6. The van der Waals surface area contributed by atoms with Crippen molar-refractivity contribution < 1.29 is 13.2 Å². The average molecular weight is 661 g/mol. The van der Waals surface area contributed by atoms with Gasteiger partial charge in [-0.3, -0.25) is 0 Å². The fraction of sp³-hybridized carbons (Fsp3) is 0.457. The number of hydrogen-bond donors (Lipinski definition) is 4. The predicted octanol–water partition coefficient (Wildman–Crippen LogP) is 6.41. The zero-order valence-corrected chi connectivity index (χ0v) is 28.6. The lowest BCUT2D eigenvalue weighted by atomic mass is 9.96. The third-order valence-electron chi connectivity index (χ3n) is 8.47. The first-order chi connectivity index (χ1) is 22.8. The molecule has 0 unspecified atom stereocenters. The predicted molar refractivity (Wildman–Crippen MR) is 191 cm³/mol. The molecule has 1 aromatic heterocycles. The van der Waals surface area contributed by atoms with Crippen LogP contribution >= 0.6 is 0 Å². The van der Waals surface area contributed by atoms with E-state index in [1.807, 2.05) is 67.5 Å². The fourth-order valence-corrected chi connectivity index (χ4v) is 7.26. The zero-order valence-electron chi connectivity index (χ0n) is 27.8. The quantitative estimate of drug-likeness (QED) is 0.0942. The lowest BCUT2D eigenvalue weighted by Crippen LogP contribution is -2.25. The summed E-state index contributed by atoms with van der Waals surface area (Å²) in [5.41, 5.74) is 2.06. The summed E-state index contributed by atoms with van der Waals surface area (Å²) in [6.07, 6.45) is 9.49. The summed E-state index contributed by atoms with van der Waals surface area (Å²) in [6.45, 7) is 1.66. The van der Waals surface area contributed by atoms with E-state index in [1.54, 1.807) is 19.2 Å². The minimum atomic E-state index is -3.63. The molecule has 0 spiro atoms. The number of fused-ring (bicyclic) bond motifs is 1. The standard InChI is InChI=1S/C35H48N8O3S/c1-43(2)31-20-12-19-30-29(31)18-13-21-32(30)47(44,45)38-23-10-5-4-9-22-36-33-40-34(37-25-26-14-11-17-28(24-26)46-3)42-35(41-33)39-27-15-7-6-8-16-27/h11-14,17-21,24,27,38H,4-10,15-16,22-23,25H2,1-3H3,(H3,36,37,39,40,41,42). The van der Waals surface area contributed by atoms with Crippen LogP contribution in [0.3, 0.4) is 0 Å². The molecule has 3 aromatic carbocycles.